The number of carbonyl (C=O) groups is 1. The number of rotatable bonds is 6. The normalized spacial score (nSPS) is 18.7. The van der Waals surface area contributed by atoms with E-state index >= 15 is 0 Å². The Morgan fingerprint density at radius 3 is 2.48 bits per heavy atom. The number of carbonyl (C=O) groups excluding carboxylic acids is 1. The molecule has 3 aromatic rings. The summed E-state index contributed by atoms with van der Waals surface area (Å²) in [5.74, 6) is -0.181. The third kappa shape index (κ3) is 5.22. The minimum atomic E-state index is -4.52. The van der Waals surface area contributed by atoms with Crippen LogP contribution in [0.15, 0.2) is 42.7 Å². The molecule has 0 saturated heterocycles. The van der Waals surface area contributed by atoms with Crippen molar-refractivity contribution in [3.05, 3.63) is 54.0 Å². The molecule has 33 heavy (non-hydrogen) atoms. The van der Waals surface area contributed by atoms with Gasteiger partial charge in [-0.2, -0.15) is 23.3 Å². The molecule has 174 valence electrons. The topological polar surface area (TPSA) is 137 Å². The summed E-state index contributed by atoms with van der Waals surface area (Å²) in [5, 5.41) is 9.79. The minimum absolute atomic E-state index is 0.0118. The summed E-state index contributed by atoms with van der Waals surface area (Å²) in [4.78, 5) is 20.4. The first-order chi connectivity index (χ1) is 15.7. The van der Waals surface area contributed by atoms with Crippen LogP contribution >= 0.6 is 0 Å². The largest absolute Gasteiger partial charge is 0.435 e. The highest BCUT2D eigenvalue weighted by Crippen LogP contribution is 2.28. The van der Waals surface area contributed by atoms with Gasteiger partial charge < -0.3 is 22.1 Å². The van der Waals surface area contributed by atoms with Gasteiger partial charge in [0.2, 0.25) is 5.95 Å². The first-order valence-corrected chi connectivity index (χ1v) is 10.4. The second-order valence-electron chi connectivity index (χ2n) is 7.83. The minimum Gasteiger partial charge on any atom is -0.365 e. The van der Waals surface area contributed by atoms with Gasteiger partial charge in [-0.15, -0.1) is 0 Å². The number of anilines is 3. The Bertz CT molecular complexity index is 1130. The number of aromatic nitrogens is 4. The van der Waals surface area contributed by atoms with E-state index in [9.17, 15) is 18.0 Å². The predicted molar refractivity (Wildman–Crippen MR) is 116 cm³/mol. The maximum absolute atomic E-state index is 12.8. The molecule has 1 fully saturated rings. The number of primary amides is 1. The van der Waals surface area contributed by atoms with Crippen LogP contribution in [0.4, 0.5) is 30.6 Å². The summed E-state index contributed by atoms with van der Waals surface area (Å²) in [5.41, 5.74) is 11.7. The monoisotopic (exact) mass is 460 g/mol. The van der Waals surface area contributed by atoms with Crippen molar-refractivity contribution in [2.45, 2.75) is 43.9 Å². The fraction of sp³-hybridized carbons (Fsp3) is 0.333. The molecule has 1 aromatic carbocycles. The van der Waals surface area contributed by atoms with E-state index in [1.807, 2.05) is 0 Å². The number of alkyl halides is 3. The van der Waals surface area contributed by atoms with Crippen molar-refractivity contribution in [2.75, 3.05) is 10.6 Å². The van der Waals surface area contributed by atoms with E-state index in [4.69, 9.17) is 11.5 Å². The second-order valence-corrected chi connectivity index (χ2v) is 7.83. The van der Waals surface area contributed by atoms with E-state index in [1.54, 1.807) is 24.3 Å². The smallest absolute Gasteiger partial charge is 0.365 e. The van der Waals surface area contributed by atoms with Crippen molar-refractivity contribution in [2.24, 2.45) is 11.5 Å². The molecule has 0 bridgehead atoms. The van der Waals surface area contributed by atoms with Crippen LogP contribution in [0.1, 0.15) is 41.7 Å². The van der Waals surface area contributed by atoms with Crippen LogP contribution in [0, 0.1) is 0 Å². The Morgan fingerprint density at radius 2 is 1.85 bits per heavy atom. The van der Waals surface area contributed by atoms with Crippen molar-refractivity contribution in [1.82, 2.24) is 19.7 Å². The molecule has 0 aliphatic heterocycles. The van der Waals surface area contributed by atoms with Gasteiger partial charge in [0.1, 0.15) is 11.4 Å². The predicted octanol–water partition coefficient (Wildman–Crippen LogP) is 3.21. The third-order valence-electron chi connectivity index (χ3n) is 5.46. The van der Waals surface area contributed by atoms with E-state index in [-0.39, 0.29) is 23.5 Å². The highest BCUT2D eigenvalue weighted by atomic mass is 19.4. The number of benzene rings is 1. The van der Waals surface area contributed by atoms with Gasteiger partial charge in [0.15, 0.2) is 5.69 Å². The SMILES string of the molecule is NC(=O)c1cnc(N[C@@H]2CCCC[C@@H]2N)nc1Nc1ccc(-n2ccc(C(F)(F)F)n2)cc1. The highest BCUT2D eigenvalue weighted by Gasteiger charge is 2.33. The average Bonchev–Trinajstić information content (AvgIpc) is 3.27. The van der Waals surface area contributed by atoms with E-state index in [0.29, 0.717) is 17.3 Å². The highest BCUT2D eigenvalue weighted by molar-refractivity contribution is 5.98. The van der Waals surface area contributed by atoms with Gasteiger partial charge in [0.25, 0.3) is 5.91 Å². The quantitative estimate of drug-likeness (QED) is 0.443. The van der Waals surface area contributed by atoms with Gasteiger partial charge in [-0.25, -0.2) is 9.67 Å². The maximum Gasteiger partial charge on any atom is 0.435 e. The van der Waals surface area contributed by atoms with Gasteiger partial charge in [0.05, 0.1) is 5.69 Å². The van der Waals surface area contributed by atoms with E-state index in [1.165, 1.54) is 12.4 Å². The molecular weight excluding hydrogens is 437 g/mol. The average molecular weight is 460 g/mol. The fourth-order valence-electron chi connectivity index (χ4n) is 3.68. The number of nitrogens with two attached hydrogens (primary N) is 2. The first-order valence-electron chi connectivity index (χ1n) is 10.4. The zero-order valence-corrected chi connectivity index (χ0v) is 17.5. The Morgan fingerprint density at radius 1 is 1.12 bits per heavy atom. The Balaban J connectivity index is 1.53. The van der Waals surface area contributed by atoms with Gasteiger partial charge in [-0.05, 0) is 43.2 Å². The molecule has 1 amide bonds. The lowest BCUT2D eigenvalue weighted by Gasteiger charge is -2.29. The maximum atomic E-state index is 12.8. The summed E-state index contributed by atoms with van der Waals surface area (Å²) in [6.45, 7) is 0. The molecular formula is C21H23F3N8O. The lowest BCUT2D eigenvalue weighted by atomic mass is 9.91. The lowest BCUT2D eigenvalue weighted by molar-refractivity contribution is -0.141. The number of halogens is 3. The first kappa shape index (κ1) is 22.5. The number of hydrogen-bond acceptors (Lipinski definition) is 7. The van der Waals surface area contributed by atoms with Gasteiger partial charge >= 0.3 is 6.18 Å². The van der Waals surface area contributed by atoms with Gasteiger partial charge in [-0.3, -0.25) is 4.79 Å². The molecule has 2 aromatic heterocycles. The van der Waals surface area contributed by atoms with Crippen LogP contribution in [0.5, 0.6) is 0 Å². The molecule has 2 heterocycles. The van der Waals surface area contributed by atoms with Crippen molar-refractivity contribution in [3.63, 3.8) is 0 Å². The van der Waals surface area contributed by atoms with E-state index < -0.39 is 17.8 Å². The third-order valence-corrected chi connectivity index (χ3v) is 5.46. The van der Waals surface area contributed by atoms with Crippen molar-refractivity contribution in [3.8, 4) is 5.69 Å². The number of hydrogen-bond donors (Lipinski definition) is 4. The molecule has 1 aliphatic carbocycles. The van der Waals surface area contributed by atoms with Gasteiger partial charge in [0, 0.05) is 30.2 Å². The number of amides is 1. The number of nitrogens with zero attached hydrogens (tertiary/aromatic N) is 4. The Labute approximate surface area is 187 Å². The van der Waals surface area contributed by atoms with Crippen molar-refractivity contribution < 1.29 is 18.0 Å². The lowest BCUT2D eigenvalue weighted by Crippen LogP contribution is -2.43. The summed E-state index contributed by atoms with van der Waals surface area (Å²) in [6, 6.07) is 7.34. The van der Waals surface area contributed by atoms with Crippen molar-refractivity contribution in [1.29, 1.82) is 0 Å². The summed E-state index contributed by atoms with van der Waals surface area (Å²) < 4.78 is 39.5. The summed E-state index contributed by atoms with van der Waals surface area (Å²) >= 11 is 0. The van der Waals surface area contributed by atoms with Crippen LogP contribution in [-0.2, 0) is 6.18 Å². The zero-order valence-electron chi connectivity index (χ0n) is 17.5. The Hall–Kier alpha value is -3.67. The zero-order chi connectivity index (χ0) is 23.6. The molecule has 4 rings (SSSR count). The summed E-state index contributed by atoms with van der Waals surface area (Å²) in [7, 11) is 0. The molecule has 0 radical (unpaired) electrons. The summed E-state index contributed by atoms with van der Waals surface area (Å²) in [6.07, 6.45) is 2.01. The van der Waals surface area contributed by atoms with Crippen LogP contribution in [0.25, 0.3) is 5.69 Å². The molecule has 9 nitrogen and oxygen atoms in total. The molecule has 1 saturated carbocycles. The molecule has 0 spiro atoms. The second kappa shape index (κ2) is 9.06. The van der Waals surface area contributed by atoms with Crippen molar-refractivity contribution >= 4 is 23.4 Å². The van der Waals surface area contributed by atoms with Crippen LogP contribution in [-0.4, -0.2) is 37.7 Å². The molecule has 0 unspecified atom stereocenters. The molecule has 12 heteroatoms. The van der Waals surface area contributed by atoms with Gasteiger partial charge in [-0.1, -0.05) is 12.8 Å². The standard InChI is InChI=1S/C21H23F3N8O/c22-21(23,24)17-9-10-32(31-17)13-7-5-12(6-8-13)28-19-14(18(26)33)11-27-20(30-19)29-16-4-2-1-3-15(16)25/h5-11,15-16H,1-4,25H2,(H2,26,33)(H2,27,28,29,30)/t15-,16+/m0/s1. The Kier molecular flexibility index (Phi) is 6.18. The van der Waals surface area contributed by atoms with E-state index in [0.717, 1.165) is 36.4 Å². The fourth-order valence-corrected chi connectivity index (χ4v) is 3.68. The van der Waals surface area contributed by atoms with E-state index in [2.05, 4.69) is 25.7 Å². The number of nitrogens with one attached hydrogen (secondary N) is 2. The van der Waals surface area contributed by atoms with Crippen LogP contribution < -0.4 is 22.1 Å². The van der Waals surface area contributed by atoms with Crippen LogP contribution in [0.2, 0.25) is 0 Å². The molecule has 6 N–H and O–H groups in total. The molecule has 2 atom stereocenters. The molecule has 1 aliphatic rings. The van der Waals surface area contributed by atoms with Crippen LogP contribution in [0.3, 0.4) is 0 Å².